The molecule has 0 aliphatic rings. The molecule has 0 saturated carbocycles. The number of hydrogen-bond donors (Lipinski definition) is 1. The van der Waals surface area contributed by atoms with Crippen LogP contribution in [0.2, 0.25) is 0 Å². The predicted molar refractivity (Wildman–Crippen MR) is 64.0 cm³/mol. The monoisotopic (exact) mass is 236 g/mol. The molecule has 0 aliphatic heterocycles. The fourth-order valence-corrected chi connectivity index (χ4v) is 1.17. The van der Waals surface area contributed by atoms with E-state index in [1.165, 1.54) is 0 Å². The summed E-state index contributed by atoms with van der Waals surface area (Å²) in [7, 11) is 0. The van der Waals surface area contributed by atoms with Gasteiger partial charge in [0.15, 0.2) is 0 Å². The highest BCUT2D eigenvalue weighted by Gasteiger charge is 1.96. The van der Waals surface area contributed by atoms with Crippen molar-refractivity contribution >= 4 is 5.97 Å². The quantitative estimate of drug-likeness (QED) is 0.448. The first-order valence-electron chi connectivity index (χ1n) is 5.43. The van der Waals surface area contributed by atoms with Crippen LogP contribution < -0.4 is 4.74 Å². The Balaban J connectivity index is 2.06. The third-order valence-corrected chi connectivity index (χ3v) is 2.06. The van der Waals surface area contributed by atoms with Crippen molar-refractivity contribution in [2.75, 3.05) is 13.2 Å². The number of phenolic OH excluding ortho intramolecular Hbond substituents is 1. The Hall–Kier alpha value is -1.97. The summed E-state index contributed by atoms with van der Waals surface area (Å²) in [4.78, 5) is 10.7. The van der Waals surface area contributed by atoms with E-state index in [0.29, 0.717) is 19.0 Å². The molecule has 92 valence electrons. The van der Waals surface area contributed by atoms with Gasteiger partial charge >= 0.3 is 5.97 Å². The number of esters is 1. The molecule has 4 heteroatoms. The summed E-state index contributed by atoms with van der Waals surface area (Å²) >= 11 is 0. The minimum atomic E-state index is -0.399. The molecule has 0 aromatic heterocycles. The van der Waals surface area contributed by atoms with Crippen LogP contribution in [-0.4, -0.2) is 24.3 Å². The normalized spacial score (nSPS) is 9.65. The molecule has 1 rings (SSSR count). The summed E-state index contributed by atoms with van der Waals surface area (Å²) in [5, 5.41) is 9.06. The van der Waals surface area contributed by atoms with Gasteiger partial charge in [-0.1, -0.05) is 6.58 Å². The lowest BCUT2D eigenvalue weighted by Gasteiger charge is -2.06. The Labute approximate surface area is 100 Å². The predicted octanol–water partition coefficient (Wildman–Crippen LogP) is 2.28. The van der Waals surface area contributed by atoms with E-state index in [1.54, 1.807) is 24.3 Å². The van der Waals surface area contributed by atoms with E-state index in [2.05, 4.69) is 6.58 Å². The lowest BCUT2D eigenvalue weighted by Crippen LogP contribution is -2.04. The molecule has 0 fully saturated rings. The maximum atomic E-state index is 10.7. The molecule has 0 radical (unpaired) electrons. The van der Waals surface area contributed by atoms with E-state index in [9.17, 15) is 4.79 Å². The maximum absolute atomic E-state index is 10.7. The van der Waals surface area contributed by atoms with Crippen LogP contribution in [0.5, 0.6) is 11.5 Å². The number of unbranched alkanes of at least 4 members (excludes halogenated alkanes) is 1. The van der Waals surface area contributed by atoms with Gasteiger partial charge in [-0.3, -0.25) is 0 Å². The fraction of sp³-hybridized carbons (Fsp3) is 0.308. The Bertz CT molecular complexity index is 356. The summed E-state index contributed by atoms with van der Waals surface area (Å²) in [6.07, 6.45) is 2.69. The number of aromatic hydroxyl groups is 1. The van der Waals surface area contributed by atoms with Crippen molar-refractivity contribution in [2.45, 2.75) is 12.8 Å². The number of hydrogen-bond acceptors (Lipinski definition) is 4. The van der Waals surface area contributed by atoms with Crippen LogP contribution in [0, 0.1) is 0 Å². The first-order valence-corrected chi connectivity index (χ1v) is 5.43. The van der Waals surface area contributed by atoms with Crippen molar-refractivity contribution in [3.8, 4) is 11.5 Å². The summed E-state index contributed by atoms with van der Waals surface area (Å²) < 4.78 is 10.2. The summed E-state index contributed by atoms with van der Waals surface area (Å²) in [6, 6.07) is 6.54. The van der Waals surface area contributed by atoms with Crippen molar-refractivity contribution in [1.82, 2.24) is 0 Å². The molecule has 0 spiro atoms. The minimum absolute atomic E-state index is 0.216. The van der Waals surface area contributed by atoms with Gasteiger partial charge in [0.2, 0.25) is 0 Å². The molecular weight excluding hydrogens is 220 g/mol. The smallest absolute Gasteiger partial charge is 0.330 e. The van der Waals surface area contributed by atoms with Crippen LogP contribution in [0.4, 0.5) is 0 Å². The zero-order valence-electron chi connectivity index (χ0n) is 9.59. The molecule has 0 amide bonds. The number of phenols is 1. The molecule has 0 heterocycles. The van der Waals surface area contributed by atoms with Gasteiger partial charge in [-0.15, -0.1) is 0 Å². The summed E-state index contributed by atoms with van der Waals surface area (Å²) in [6.45, 7) is 4.23. The topological polar surface area (TPSA) is 55.8 Å². The Morgan fingerprint density at radius 1 is 1.24 bits per heavy atom. The molecule has 0 bridgehead atoms. The van der Waals surface area contributed by atoms with Crippen molar-refractivity contribution in [3.63, 3.8) is 0 Å². The lowest BCUT2D eigenvalue weighted by molar-refractivity contribution is -0.137. The second-order valence-corrected chi connectivity index (χ2v) is 3.42. The van der Waals surface area contributed by atoms with E-state index in [1.807, 2.05) is 0 Å². The minimum Gasteiger partial charge on any atom is -0.508 e. The van der Waals surface area contributed by atoms with Crippen molar-refractivity contribution in [2.24, 2.45) is 0 Å². The van der Waals surface area contributed by atoms with Crippen molar-refractivity contribution < 1.29 is 19.4 Å². The molecule has 1 aromatic carbocycles. The summed E-state index contributed by atoms with van der Waals surface area (Å²) in [5.41, 5.74) is 0. The molecule has 0 aliphatic carbocycles. The van der Waals surface area contributed by atoms with E-state index >= 15 is 0 Å². The first kappa shape index (κ1) is 13.1. The second-order valence-electron chi connectivity index (χ2n) is 3.42. The highest BCUT2D eigenvalue weighted by Crippen LogP contribution is 2.15. The highest BCUT2D eigenvalue weighted by atomic mass is 16.5. The van der Waals surface area contributed by atoms with Crippen LogP contribution in [-0.2, 0) is 9.53 Å². The molecule has 1 aromatic rings. The zero-order valence-corrected chi connectivity index (χ0v) is 9.59. The molecule has 17 heavy (non-hydrogen) atoms. The third-order valence-electron chi connectivity index (χ3n) is 2.06. The molecule has 0 unspecified atom stereocenters. The maximum Gasteiger partial charge on any atom is 0.330 e. The highest BCUT2D eigenvalue weighted by molar-refractivity contribution is 5.81. The van der Waals surface area contributed by atoms with E-state index in [0.717, 1.165) is 18.9 Å². The zero-order chi connectivity index (χ0) is 12.5. The molecule has 0 saturated heterocycles. The molecule has 4 nitrogen and oxygen atoms in total. The number of benzene rings is 1. The van der Waals surface area contributed by atoms with Gasteiger partial charge < -0.3 is 14.6 Å². The van der Waals surface area contributed by atoms with Gasteiger partial charge in [0.05, 0.1) is 13.2 Å². The van der Waals surface area contributed by atoms with E-state index in [-0.39, 0.29) is 5.75 Å². The fourth-order valence-electron chi connectivity index (χ4n) is 1.17. The van der Waals surface area contributed by atoms with Gasteiger partial charge in [-0.25, -0.2) is 4.79 Å². The van der Waals surface area contributed by atoms with E-state index < -0.39 is 5.97 Å². The summed E-state index contributed by atoms with van der Waals surface area (Å²) in [5.74, 6) is 0.532. The average Bonchev–Trinajstić information content (AvgIpc) is 2.35. The van der Waals surface area contributed by atoms with Crippen molar-refractivity contribution in [3.05, 3.63) is 36.9 Å². The van der Waals surface area contributed by atoms with E-state index in [4.69, 9.17) is 14.6 Å². The SMILES string of the molecule is C=CC(=O)OCCCCOc1ccc(O)cc1. The van der Waals surface area contributed by atoms with Crippen LogP contribution in [0.25, 0.3) is 0 Å². The molecular formula is C13H16O4. The Kier molecular flexibility index (Phi) is 5.64. The van der Waals surface area contributed by atoms with Crippen LogP contribution in [0.3, 0.4) is 0 Å². The lowest BCUT2D eigenvalue weighted by atomic mass is 10.3. The van der Waals surface area contributed by atoms with Crippen LogP contribution in [0.1, 0.15) is 12.8 Å². The largest absolute Gasteiger partial charge is 0.508 e. The Morgan fingerprint density at radius 3 is 2.53 bits per heavy atom. The van der Waals surface area contributed by atoms with Crippen molar-refractivity contribution in [1.29, 1.82) is 0 Å². The molecule has 1 N–H and O–H groups in total. The van der Waals surface area contributed by atoms with Gasteiger partial charge in [0.25, 0.3) is 0 Å². The average molecular weight is 236 g/mol. The van der Waals surface area contributed by atoms with Gasteiger partial charge in [-0.2, -0.15) is 0 Å². The number of ether oxygens (including phenoxy) is 2. The molecule has 0 atom stereocenters. The van der Waals surface area contributed by atoms with Gasteiger partial charge in [0.1, 0.15) is 11.5 Å². The van der Waals surface area contributed by atoms with Gasteiger partial charge in [0, 0.05) is 6.08 Å². The van der Waals surface area contributed by atoms with Crippen LogP contribution in [0.15, 0.2) is 36.9 Å². The standard InChI is InChI=1S/C13H16O4/c1-2-13(15)17-10-4-3-9-16-12-7-5-11(14)6-8-12/h2,5-8,14H,1,3-4,9-10H2. The first-order chi connectivity index (χ1) is 8.22. The Morgan fingerprint density at radius 2 is 1.88 bits per heavy atom. The van der Waals surface area contributed by atoms with Crippen LogP contribution >= 0.6 is 0 Å². The number of rotatable bonds is 7. The third kappa shape index (κ3) is 5.61. The number of carbonyl (C=O) groups is 1. The number of carbonyl (C=O) groups excluding carboxylic acids is 1. The van der Waals surface area contributed by atoms with Gasteiger partial charge in [-0.05, 0) is 37.1 Å². The second kappa shape index (κ2) is 7.33.